The fourth-order valence-corrected chi connectivity index (χ4v) is 3.13. The molecule has 7 heteroatoms. The van der Waals surface area contributed by atoms with Crippen molar-refractivity contribution in [2.75, 3.05) is 13.4 Å². The van der Waals surface area contributed by atoms with Crippen molar-refractivity contribution in [2.24, 2.45) is 5.92 Å². The zero-order valence-electron chi connectivity index (χ0n) is 16.3. The summed E-state index contributed by atoms with van der Waals surface area (Å²) in [5.41, 5.74) is -1.41. The van der Waals surface area contributed by atoms with E-state index in [0.29, 0.717) is 23.8 Å². The number of unbranched alkanes of at least 4 members (excludes halogenated alkanes) is 2. The maximum Gasteiger partial charge on any atom is 0.254 e. The van der Waals surface area contributed by atoms with Crippen LogP contribution in [0.2, 0.25) is 0 Å². The van der Waals surface area contributed by atoms with Crippen LogP contribution in [0.5, 0.6) is 0 Å². The fourth-order valence-electron chi connectivity index (χ4n) is 3.13. The van der Waals surface area contributed by atoms with Gasteiger partial charge in [0.05, 0.1) is 0 Å². The average molecular weight is 371 g/mol. The molecule has 1 aliphatic heterocycles. The van der Waals surface area contributed by atoms with Gasteiger partial charge >= 0.3 is 0 Å². The Morgan fingerprint density at radius 1 is 1.19 bits per heavy atom. The maximum absolute atomic E-state index is 12.4. The second kappa shape index (κ2) is 11.4. The van der Waals surface area contributed by atoms with Gasteiger partial charge in [0.25, 0.3) is 11.8 Å². The molecule has 1 aliphatic rings. The molecule has 0 aliphatic carbocycles. The maximum atomic E-state index is 12.4. The highest BCUT2D eigenvalue weighted by atomic mass is 16.8. The molecule has 1 saturated heterocycles. The summed E-state index contributed by atoms with van der Waals surface area (Å²) in [4.78, 5) is 40.2. The normalized spacial score (nSPS) is 18.2. The Morgan fingerprint density at radius 3 is 2.38 bits per heavy atom. The van der Waals surface area contributed by atoms with Gasteiger partial charge in [-0.2, -0.15) is 5.06 Å². The van der Waals surface area contributed by atoms with Crippen LogP contribution in [0.4, 0.5) is 0 Å². The molecule has 0 aromatic heterocycles. The Hall–Kier alpha value is -1.31. The lowest BCUT2D eigenvalue weighted by Gasteiger charge is -2.29. The van der Waals surface area contributed by atoms with Crippen molar-refractivity contribution in [1.82, 2.24) is 5.06 Å². The summed E-state index contributed by atoms with van der Waals surface area (Å²) < 4.78 is 5.14. The largest absolute Gasteiger partial charge is 0.382 e. The highest BCUT2D eigenvalue weighted by Gasteiger charge is 2.36. The van der Waals surface area contributed by atoms with Crippen LogP contribution in [0.15, 0.2) is 0 Å². The zero-order chi connectivity index (χ0) is 19.6. The summed E-state index contributed by atoms with van der Waals surface area (Å²) in [6, 6.07) is 0. The molecule has 2 amide bonds. The smallest absolute Gasteiger partial charge is 0.254 e. The molecule has 1 N–H and O–H groups in total. The van der Waals surface area contributed by atoms with Gasteiger partial charge in [0, 0.05) is 12.8 Å². The molecule has 1 heterocycles. The number of hydrogen-bond donors (Lipinski definition) is 1. The van der Waals surface area contributed by atoms with Crippen LogP contribution in [0.25, 0.3) is 0 Å². The van der Waals surface area contributed by atoms with Crippen LogP contribution in [0, 0.1) is 5.92 Å². The quantitative estimate of drug-likeness (QED) is 0.287. The van der Waals surface area contributed by atoms with Crippen molar-refractivity contribution in [2.45, 2.75) is 84.2 Å². The van der Waals surface area contributed by atoms with Crippen molar-refractivity contribution in [3.05, 3.63) is 0 Å². The third kappa shape index (κ3) is 6.78. The highest BCUT2D eigenvalue weighted by molar-refractivity contribution is 6.00. The second-order valence-electron chi connectivity index (χ2n) is 6.96. The number of imide groups is 1. The van der Waals surface area contributed by atoms with E-state index in [4.69, 9.17) is 9.57 Å². The Labute approximate surface area is 156 Å². The fraction of sp³-hybridized carbons (Fsp3) is 0.842. The zero-order valence-corrected chi connectivity index (χ0v) is 16.3. The van der Waals surface area contributed by atoms with Crippen molar-refractivity contribution in [1.29, 1.82) is 0 Å². The third-order valence-electron chi connectivity index (χ3n) is 5.03. The van der Waals surface area contributed by atoms with Crippen LogP contribution < -0.4 is 0 Å². The van der Waals surface area contributed by atoms with E-state index in [1.807, 2.05) is 0 Å². The van der Waals surface area contributed by atoms with Gasteiger partial charge in [-0.15, -0.1) is 0 Å². The number of Topliss-reactive ketones (excluding diaryl/α,β-unsaturated/α-hetero) is 1. The summed E-state index contributed by atoms with van der Waals surface area (Å²) in [6.07, 6.45) is 6.33. The van der Waals surface area contributed by atoms with Crippen LogP contribution in [0.3, 0.4) is 0 Å². The van der Waals surface area contributed by atoms with E-state index in [2.05, 4.69) is 13.8 Å². The van der Waals surface area contributed by atoms with E-state index in [1.54, 1.807) is 6.92 Å². The second-order valence-corrected chi connectivity index (χ2v) is 6.96. The van der Waals surface area contributed by atoms with Gasteiger partial charge in [-0.05, 0) is 18.8 Å². The number of aliphatic hydroxyl groups is 1. The Kier molecular flexibility index (Phi) is 9.98. The molecular formula is C19H33NO6. The predicted octanol–water partition coefficient (Wildman–Crippen LogP) is 2.75. The van der Waals surface area contributed by atoms with Crippen LogP contribution in [0.1, 0.15) is 78.6 Å². The minimum Gasteiger partial charge on any atom is -0.382 e. The van der Waals surface area contributed by atoms with Gasteiger partial charge in [0.1, 0.15) is 12.2 Å². The van der Waals surface area contributed by atoms with E-state index in [1.165, 1.54) is 0 Å². The minimum atomic E-state index is -1.41. The van der Waals surface area contributed by atoms with Crippen LogP contribution >= 0.6 is 0 Å². The number of amides is 2. The predicted molar refractivity (Wildman–Crippen MR) is 95.8 cm³/mol. The van der Waals surface area contributed by atoms with Gasteiger partial charge < -0.3 is 9.84 Å². The third-order valence-corrected chi connectivity index (χ3v) is 5.03. The van der Waals surface area contributed by atoms with E-state index in [9.17, 15) is 19.5 Å². The number of hydrogen-bond acceptors (Lipinski definition) is 6. The van der Waals surface area contributed by atoms with Crippen LogP contribution in [-0.2, 0) is 24.0 Å². The van der Waals surface area contributed by atoms with E-state index < -0.39 is 23.2 Å². The van der Waals surface area contributed by atoms with Gasteiger partial charge in [0.2, 0.25) is 0 Å². The molecule has 0 spiro atoms. The summed E-state index contributed by atoms with van der Waals surface area (Å²) in [6.45, 7) is 5.32. The SMILES string of the molecule is CCCCCC(CC)CC(O)(CC)C(=O)COCON1C(=O)CCC1=O. The summed E-state index contributed by atoms with van der Waals surface area (Å²) in [7, 11) is 0. The van der Waals surface area contributed by atoms with Crippen LogP contribution in [-0.4, -0.2) is 46.8 Å². The molecule has 0 aromatic carbocycles. The molecule has 150 valence electrons. The standard InChI is InChI=1S/C19H33NO6/c1-4-7-8-9-15(5-2)12-19(24,6-3)16(21)13-25-14-26-20-17(22)10-11-18(20)23/h15,24H,4-14H2,1-3H3. The average Bonchev–Trinajstić information content (AvgIpc) is 2.95. The molecule has 0 bridgehead atoms. The van der Waals surface area contributed by atoms with E-state index in [0.717, 1.165) is 32.1 Å². The molecule has 0 saturated carbocycles. The van der Waals surface area contributed by atoms with Crippen molar-refractivity contribution in [3.8, 4) is 0 Å². The van der Waals surface area contributed by atoms with E-state index in [-0.39, 0.29) is 26.2 Å². The van der Waals surface area contributed by atoms with Crippen molar-refractivity contribution >= 4 is 17.6 Å². The number of carbonyl (C=O) groups is 3. The lowest BCUT2D eigenvalue weighted by molar-refractivity contribution is -0.217. The van der Waals surface area contributed by atoms with Gasteiger partial charge in [-0.1, -0.05) is 52.9 Å². The molecule has 7 nitrogen and oxygen atoms in total. The Bertz CT molecular complexity index is 465. The number of ketones is 1. The van der Waals surface area contributed by atoms with Gasteiger partial charge in [-0.25, -0.2) is 4.84 Å². The number of rotatable bonds is 14. The first-order valence-electron chi connectivity index (χ1n) is 9.70. The Morgan fingerprint density at radius 2 is 1.85 bits per heavy atom. The number of carbonyl (C=O) groups excluding carboxylic acids is 3. The first-order chi connectivity index (χ1) is 12.4. The molecule has 1 fully saturated rings. The molecular weight excluding hydrogens is 338 g/mol. The molecule has 0 radical (unpaired) electrons. The molecule has 26 heavy (non-hydrogen) atoms. The molecule has 0 aromatic rings. The summed E-state index contributed by atoms with van der Waals surface area (Å²) in [5, 5.41) is 11.4. The number of hydroxylamine groups is 2. The van der Waals surface area contributed by atoms with Gasteiger partial charge in [-0.3, -0.25) is 14.4 Å². The lowest BCUT2D eigenvalue weighted by Crippen LogP contribution is -2.42. The monoisotopic (exact) mass is 371 g/mol. The summed E-state index contributed by atoms with van der Waals surface area (Å²) in [5.74, 6) is -0.913. The molecule has 2 atom stereocenters. The number of ether oxygens (including phenoxy) is 1. The molecule has 2 unspecified atom stereocenters. The molecule has 1 rings (SSSR count). The minimum absolute atomic E-state index is 0.129. The van der Waals surface area contributed by atoms with E-state index >= 15 is 0 Å². The summed E-state index contributed by atoms with van der Waals surface area (Å²) >= 11 is 0. The lowest BCUT2D eigenvalue weighted by atomic mass is 9.81. The Balaban J connectivity index is 2.42. The first kappa shape index (κ1) is 22.7. The highest BCUT2D eigenvalue weighted by Crippen LogP contribution is 2.28. The van der Waals surface area contributed by atoms with Gasteiger partial charge in [0.15, 0.2) is 12.6 Å². The number of nitrogens with zero attached hydrogens (tertiary/aromatic N) is 1. The van der Waals surface area contributed by atoms with Crippen molar-refractivity contribution in [3.63, 3.8) is 0 Å². The first-order valence-corrected chi connectivity index (χ1v) is 9.70. The van der Waals surface area contributed by atoms with Crippen molar-refractivity contribution < 1.29 is 29.1 Å². The topological polar surface area (TPSA) is 93.1 Å².